The second-order valence-electron chi connectivity index (χ2n) is 6.74. The Morgan fingerprint density at radius 3 is 2.41 bits per heavy atom. The molecule has 0 aliphatic rings. The van der Waals surface area contributed by atoms with Gasteiger partial charge in [0.1, 0.15) is 11.8 Å². The highest BCUT2D eigenvalue weighted by molar-refractivity contribution is 7.99. The third-order valence-electron chi connectivity index (χ3n) is 4.60. The Labute approximate surface area is 175 Å². The molecule has 7 nitrogen and oxygen atoms in total. The molecular weight excluding hydrogens is 410 g/mol. The predicted octanol–water partition coefficient (Wildman–Crippen LogP) is 3.24. The molecule has 2 aromatic rings. The van der Waals surface area contributed by atoms with Crippen LogP contribution < -0.4 is 4.72 Å². The quantitative estimate of drug-likeness (QED) is 0.462. The second-order valence-corrected chi connectivity index (χ2v) is 10.2. The number of benzene rings is 1. The van der Waals surface area contributed by atoms with Gasteiger partial charge in [0.25, 0.3) is 0 Å². The first-order valence-corrected chi connectivity index (χ1v) is 11.7. The molecule has 0 saturated heterocycles. The van der Waals surface area contributed by atoms with Gasteiger partial charge in [-0.15, -0.1) is 11.8 Å². The Morgan fingerprint density at radius 2 is 1.93 bits per heavy atom. The first kappa shape index (κ1) is 23.0. The van der Waals surface area contributed by atoms with E-state index in [9.17, 15) is 23.6 Å². The van der Waals surface area contributed by atoms with Gasteiger partial charge in [0.2, 0.25) is 10.0 Å². The Balaban J connectivity index is 2.21. The largest absolute Gasteiger partial charge is 0.477 e. The van der Waals surface area contributed by atoms with Gasteiger partial charge in [-0.25, -0.2) is 17.9 Å². The van der Waals surface area contributed by atoms with Crippen LogP contribution in [0.25, 0.3) is 11.1 Å². The Morgan fingerprint density at radius 1 is 1.31 bits per heavy atom. The summed E-state index contributed by atoms with van der Waals surface area (Å²) in [5, 5.41) is 18.8. The minimum absolute atomic E-state index is 0.0990. The first-order valence-electron chi connectivity index (χ1n) is 9.20. The topological polar surface area (TPSA) is 112 Å². The number of nitrogens with zero attached hydrogens (tertiary/aromatic N) is 2. The summed E-state index contributed by atoms with van der Waals surface area (Å²) in [6, 6.07) is 9.44. The average molecular weight is 436 g/mol. The summed E-state index contributed by atoms with van der Waals surface area (Å²) in [4.78, 5) is 12.7. The van der Waals surface area contributed by atoms with Crippen LogP contribution in [0.15, 0.2) is 29.2 Å². The van der Waals surface area contributed by atoms with Gasteiger partial charge in [0.05, 0.1) is 10.8 Å². The molecule has 1 aromatic heterocycles. The Bertz CT molecular complexity index is 1030. The molecular formula is C20H25N3O4S2. The molecule has 0 atom stereocenters. The van der Waals surface area contributed by atoms with Crippen molar-refractivity contribution in [1.82, 2.24) is 9.29 Å². The molecule has 29 heavy (non-hydrogen) atoms. The molecule has 0 unspecified atom stereocenters. The van der Waals surface area contributed by atoms with Crippen molar-refractivity contribution in [2.75, 3.05) is 12.3 Å². The van der Waals surface area contributed by atoms with Crippen molar-refractivity contribution < 1.29 is 18.3 Å². The molecule has 0 spiro atoms. The van der Waals surface area contributed by atoms with Crippen molar-refractivity contribution in [2.24, 2.45) is 7.05 Å². The van der Waals surface area contributed by atoms with E-state index in [1.165, 1.54) is 11.8 Å². The summed E-state index contributed by atoms with van der Waals surface area (Å²) in [5.41, 5.74) is 2.27. The van der Waals surface area contributed by atoms with Gasteiger partial charge in [0.15, 0.2) is 0 Å². The van der Waals surface area contributed by atoms with E-state index in [2.05, 4.69) is 10.8 Å². The zero-order chi connectivity index (χ0) is 21.8. The molecule has 0 saturated carbocycles. The van der Waals surface area contributed by atoms with Crippen molar-refractivity contribution in [3.63, 3.8) is 0 Å². The van der Waals surface area contributed by atoms with E-state index in [0.29, 0.717) is 41.1 Å². The number of carboxylic acid groups (broad SMARTS) is 1. The summed E-state index contributed by atoms with van der Waals surface area (Å²) in [6.07, 6.45) is 0.555. The van der Waals surface area contributed by atoms with Gasteiger partial charge in [-0.1, -0.05) is 19.1 Å². The lowest BCUT2D eigenvalue weighted by atomic mass is 10.00. The van der Waals surface area contributed by atoms with Crippen LogP contribution in [-0.2, 0) is 23.5 Å². The Kier molecular flexibility index (Phi) is 7.52. The number of carbonyl (C=O) groups is 1. The molecule has 9 heteroatoms. The molecule has 0 radical (unpaired) electrons. The summed E-state index contributed by atoms with van der Waals surface area (Å²) in [6.45, 7) is 5.47. The molecule has 156 valence electrons. The minimum Gasteiger partial charge on any atom is -0.477 e. The van der Waals surface area contributed by atoms with Crippen LogP contribution in [0.3, 0.4) is 0 Å². The monoisotopic (exact) mass is 435 g/mol. The van der Waals surface area contributed by atoms with E-state index in [4.69, 9.17) is 0 Å². The van der Waals surface area contributed by atoms with Crippen molar-refractivity contribution in [3.8, 4) is 17.2 Å². The number of nitriles is 1. The van der Waals surface area contributed by atoms with Crippen LogP contribution in [0.4, 0.5) is 0 Å². The highest BCUT2D eigenvalue weighted by Gasteiger charge is 2.25. The lowest BCUT2D eigenvalue weighted by molar-refractivity contribution is 0.0687. The summed E-state index contributed by atoms with van der Waals surface area (Å²) >= 11 is 1.50. The maximum Gasteiger partial charge on any atom is 0.353 e. The number of aromatic carboxylic acids is 1. The van der Waals surface area contributed by atoms with E-state index in [0.717, 1.165) is 4.90 Å². The van der Waals surface area contributed by atoms with E-state index in [1.807, 2.05) is 19.1 Å². The van der Waals surface area contributed by atoms with Gasteiger partial charge < -0.3 is 9.67 Å². The van der Waals surface area contributed by atoms with E-state index < -0.39 is 21.2 Å². The lowest BCUT2D eigenvalue weighted by Gasteiger charge is -2.09. The number of nitrogens with one attached hydrogen (secondary N) is 1. The average Bonchev–Trinajstić information content (AvgIpc) is 2.97. The number of hydrogen-bond donors (Lipinski definition) is 2. The number of carboxylic acids is 1. The first-order chi connectivity index (χ1) is 13.6. The van der Waals surface area contributed by atoms with Gasteiger partial charge in [-0.2, -0.15) is 5.26 Å². The zero-order valence-electron chi connectivity index (χ0n) is 16.9. The zero-order valence-corrected chi connectivity index (χ0v) is 18.5. The lowest BCUT2D eigenvalue weighted by Crippen LogP contribution is -2.32. The number of sulfonamides is 1. The number of rotatable bonds is 9. The van der Waals surface area contributed by atoms with Crippen LogP contribution in [-0.4, -0.2) is 41.6 Å². The Hall–Kier alpha value is -2.28. The summed E-state index contributed by atoms with van der Waals surface area (Å²) < 4.78 is 27.6. The van der Waals surface area contributed by atoms with Crippen LogP contribution in [0.5, 0.6) is 0 Å². The van der Waals surface area contributed by atoms with Crippen molar-refractivity contribution in [3.05, 3.63) is 41.2 Å². The van der Waals surface area contributed by atoms with E-state index in [-0.39, 0.29) is 5.69 Å². The second kappa shape index (κ2) is 9.48. The molecule has 0 aliphatic carbocycles. The fraction of sp³-hybridized carbons (Fsp3) is 0.400. The number of hydrogen-bond acceptors (Lipinski definition) is 5. The van der Waals surface area contributed by atoms with Gasteiger partial charge in [-0.3, -0.25) is 0 Å². The van der Waals surface area contributed by atoms with Crippen molar-refractivity contribution in [2.45, 2.75) is 37.3 Å². The fourth-order valence-corrected chi connectivity index (χ4v) is 4.65. The maximum atomic E-state index is 11.8. The van der Waals surface area contributed by atoms with Gasteiger partial charge in [0, 0.05) is 35.5 Å². The van der Waals surface area contributed by atoms with Gasteiger partial charge in [-0.05, 0) is 38.0 Å². The molecule has 0 bridgehead atoms. The standard InChI is InChI=1S/C20H25N3O4S2/c1-5-17-16(12-21)18(19(20(24)25)23(17)4)14-6-8-15(9-7-14)28-11-10-22-29(26,27)13(2)3/h6-9,13,22H,5,10-11H2,1-4H3,(H,24,25). The summed E-state index contributed by atoms with van der Waals surface area (Å²) in [5.74, 6) is -0.505. The highest BCUT2D eigenvalue weighted by Crippen LogP contribution is 2.33. The number of thioether (sulfide) groups is 1. The molecule has 0 aliphatic heterocycles. The van der Waals surface area contributed by atoms with Crippen LogP contribution in [0.1, 0.15) is 42.5 Å². The number of aromatic nitrogens is 1. The molecule has 1 heterocycles. The molecule has 2 N–H and O–H groups in total. The molecule has 0 amide bonds. The highest BCUT2D eigenvalue weighted by atomic mass is 32.2. The maximum absolute atomic E-state index is 11.8. The molecule has 2 rings (SSSR count). The van der Waals surface area contributed by atoms with Crippen molar-refractivity contribution in [1.29, 1.82) is 5.26 Å². The summed E-state index contributed by atoms with van der Waals surface area (Å²) in [7, 11) is -1.61. The minimum atomic E-state index is -3.27. The predicted molar refractivity (Wildman–Crippen MR) is 115 cm³/mol. The van der Waals surface area contributed by atoms with Gasteiger partial charge >= 0.3 is 5.97 Å². The normalized spacial score (nSPS) is 11.6. The van der Waals surface area contributed by atoms with E-state index >= 15 is 0 Å². The van der Waals surface area contributed by atoms with E-state index in [1.54, 1.807) is 37.6 Å². The molecule has 0 fully saturated rings. The van der Waals surface area contributed by atoms with Crippen molar-refractivity contribution >= 4 is 27.8 Å². The fourth-order valence-electron chi connectivity index (χ4n) is 3.04. The molecule has 1 aromatic carbocycles. The SMILES string of the molecule is CCc1c(C#N)c(-c2ccc(SCCNS(=O)(=O)C(C)C)cc2)c(C(=O)O)n1C. The van der Waals surface area contributed by atoms with Crippen LogP contribution in [0.2, 0.25) is 0 Å². The third-order valence-corrected chi connectivity index (χ3v) is 7.46. The third kappa shape index (κ3) is 5.01. The van der Waals surface area contributed by atoms with Crippen LogP contribution >= 0.6 is 11.8 Å². The smallest absolute Gasteiger partial charge is 0.353 e. The van der Waals surface area contributed by atoms with Crippen LogP contribution in [0, 0.1) is 11.3 Å².